The molecule has 0 unspecified atom stereocenters. The second kappa shape index (κ2) is 7.20. The van der Waals surface area contributed by atoms with Crippen LogP contribution in [0.1, 0.15) is 16.7 Å². The molecule has 1 N–H and O–H groups in total. The summed E-state index contributed by atoms with van der Waals surface area (Å²) in [7, 11) is 0. The molecule has 6 nitrogen and oxygen atoms in total. The molecule has 0 aliphatic rings. The monoisotopic (exact) mass is 321 g/mol. The van der Waals surface area contributed by atoms with Gasteiger partial charge in [-0.2, -0.15) is 5.26 Å². The summed E-state index contributed by atoms with van der Waals surface area (Å²) < 4.78 is 0. The maximum Gasteiger partial charge on any atom is 0.269 e. The fraction of sp³-hybridized carbons (Fsp3) is 0.111. The average molecular weight is 321 g/mol. The summed E-state index contributed by atoms with van der Waals surface area (Å²) >= 11 is 0. The summed E-state index contributed by atoms with van der Waals surface area (Å²) in [5.74, 6) is -0.520. The molecule has 0 spiro atoms. The minimum atomic E-state index is -0.520. The second-order valence-corrected chi connectivity index (χ2v) is 5.24. The van der Waals surface area contributed by atoms with Crippen LogP contribution in [-0.4, -0.2) is 10.8 Å². The molecule has 1 amide bonds. The van der Waals surface area contributed by atoms with Gasteiger partial charge in [-0.05, 0) is 48.7 Å². The van der Waals surface area contributed by atoms with Crippen LogP contribution >= 0.6 is 0 Å². The number of aryl methyl sites for hydroxylation is 2. The van der Waals surface area contributed by atoms with Crippen molar-refractivity contribution in [2.75, 3.05) is 5.32 Å². The third-order valence-corrected chi connectivity index (χ3v) is 3.50. The maximum absolute atomic E-state index is 12.3. The summed E-state index contributed by atoms with van der Waals surface area (Å²) in [5.41, 5.74) is 2.88. The number of hydrogen-bond acceptors (Lipinski definition) is 4. The van der Waals surface area contributed by atoms with Gasteiger partial charge >= 0.3 is 0 Å². The van der Waals surface area contributed by atoms with E-state index in [2.05, 4.69) is 5.32 Å². The fourth-order valence-electron chi connectivity index (χ4n) is 2.20. The Kier molecular flexibility index (Phi) is 5.07. The van der Waals surface area contributed by atoms with Crippen molar-refractivity contribution in [3.8, 4) is 6.07 Å². The zero-order valence-electron chi connectivity index (χ0n) is 13.2. The van der Waals surface area contributed by atoms with Gasteiger partial charge in [0.2, 0.25) is 0 Å². The molecule has 0 atom stereocenters. The SMILES string of the molecule is Cc1cccc(C)c1NC(=O)C(C#N)=Cc1ccc([N+](=O)[O-])cc1. The summed E-state index contributed by atoms with van der Waals surface area (Å²) in [6, 6.07) is 13.1. The van der Waals surface area contributed by atoms with Crippen molar-refractivity contribution in [2.45, 2.75) is 13.8 Å². The Hall–Kier alpha value is -3.46. The van der Waals surface area contributed by atoms with E-state index < -0.39 is 10.8 Å². The Morgan fingerprint density at radius 2 is 1.75 bits per heavy atom. The van der Waals surface area contributed by atoms with E-state index in [-0.39, 0.29) is 11.3 Å². The van der Waals surface area contributed by atoms with E-state index in [0.717, 1.165) is 11.1 Å². The molecule has 0 bridgehead atoms. The summed E-state index contributed by atoms with van der Waals surface area (Å²) in [6.07, 6.45) is 1.40. The topological polar surface area (TPSA) is 96.0 Å². The number of nitrogens with one attached hydrogen (secondary N) is 1. The molecule has 2 aromatic rings. The van der Waals surface area contributed by atoms with Crippen molar-refractivity contribution in [2.24, 2.45) is 0 Å². The lowest BCUT2D eigenvalue weighted by Crippen LogP contribution is -2.15. The third kappa shape index (κ3) is 3.84. The van der Waals surface area contributed by atoms with Gasteiger partial charge in [-0.25, -0.2) is 0 Å². The van der Waals surface area contributed by atoms with Crippen LogP contribution in [0.2, 0.25) is 0 Å². The summed E-state index contributed by atoms with van der Waals surface area (Å²) in [4.78, 5) is 22.4. The normalized spacial score (nSPS) is 10.8. The van der Waals surface area contributed by atoms with E-state index in [4.69, 9.17) is 0 Å². The molecule has 6 heteroatoms. The molecule has 0 aliphatic heterocycles. The predicted molar refractivity (Wildman–Crippen MR) is 91.2 cm³/mol. The van der Waals surface area contributed by atoms with Crippen LogP contribution in [-0.2, 0) is 4.79 Å². The lowest BCUT2D eigenvalue weighted by atomic mass is 10.1. The predicted octanol–water partition coefficient (Wildman–Crippen LogP) is 3.76. The zero-order chi connectivity index (χ0) is 17.7. The molecule has 120 valence electrons. The molecule has 0 radical (unpaired) electrons. The van der Waals surface area contributed by atoms with Crippen molar-refractivity contribution in [1.82, 2.24) is 0 Å². The maximum atomic E-state index is 12.3. The molecule has 0 aromatic heterocycles. The molecule has 0 saturated carbocycles. The number of non-ortho nitro benzene ring substituents is 1. The van der Waals surface area contributed by atoms with Crippen molar-refractivity contribution >= 4 is 23.4 Å². The molecule has 0 fully saturated rings. The molecule has 0 aliphatic carbocycles. The van der Waals surface area contributed by atoms with E-state index in [1.54, 1.807) is 0 Å². The van der Waals surface area contributed by atoms with Crippen LogP contribution < -0.4 is 5.32 Å². The van der Waals surface area contributed by atoms with E-state index in [9.17, 15) is 20.2 Å². The number of benzene rings is 2. The van der Waals surface area contributed by atoms with Gasteiger partial charge in [0.25, 0.3) is 11.6 Å². The summed E-state index contributed by atoms with van der Waals surface area (Å²) in [5, 5.41) is 22.6. The average Bonchev–Trinajstić information content (AvgIpc) is 2.56. The second-order valence-electron chi connectivity index (χ2n) is 5.24. The van der Waals surface area contributed by atoms with Gasteiger partial charge in [-0.15, -0.1) is 0 Å². The van der Waals surface area contributed by atoms with Crippen LogP contribution in [0.5, 0.6) is 0 Å². The highest BCUT2D eigenvalue weighted by Crippen LogP contribution is 2.21. The first-order valence-electron chi connectivity index (χ1n) is 7.16. The first-order valence-corrected chi connectivity index (χ1v) is 7.16. The van der Waals surface area contributed by atoms with Crippen molar-refractivity contribution in [1.29, 1.82) is 5.26 Å². The number of nitro groups is 1. The van der Waals surface area contributed by atoms with Gasteiger partial charge in [0, 0.05) is 17.8 Å². The quantitative estimate of drug-likeness (QED) is 0.401. The molecule has 0 heterocycles. The minimum absolute atomic E-state index is 0.0503. The number of hydrogen-bond donors (Lipinski definition) is 1. The first kappa shape index (κ1) is 16.9. The smallest absolute Gasteiger partial charge is 0.269 e. The van der Waals surface area contributed by atoms with Crippen molar-refractivity contribution < 1.29 is 9.72 Å². The van der Waals surface area contributed by atoms with Gasteiger partial charge in [-0.3, -0.25) is 14.9 Å². The third-order valence-electron chi connectivity index (χ3n) is 3.50. The van der Waals surface area contributed by atoms with Crippen LogP contribution in [0.3, 0.4) is 0 Å². The number of anilines is 1. The molecule has 2 rings (SSSR count). The van der Waals surface area contributed by atoms with E-state index >= 15 is 0 Å². The lowest BCUT2D eigenvalue weighted by molar-refractivity contribution is -0.384. The Labute approximate surface area is 139 Å². The molecule has 0 saturated heterocycles. The van der Waals surface area contributed by atoms with Crippen molar-refractivity contribution in [3.05, 3.63) is 74.8 Å². The molecular formula is C18H15N3O3. The highest BCUT2D eigenvalue weighted by Gasteiger charge is 2.12. The van der Waals surface area contributed by atoms with Gasteiger partial charge in [-0.1, -0.05) is 18.2 Å². The Balaban J connectivity index is 2.26. The number of amides is 1. The number of nitrogens with zero attached hydrogens (tertiary/aromatic N) is 2. The van der Waals surface area contributed by atoms with Gasteiger partial charge in [0.05, 0.1) is 4.92 Å². The number of nitro benzene ring substituents is 1. The van der Waals surface area contributed by atoms with Crippen LogP contribution in [0.4, 0.5) is 11.4 Å². The van der Waals surface area contributed by atoms with Crippen LogP contribution in [0.15, 0.2) is 48.0 Å². The van der Waals surface area contributed by atoms with Gasteiger partial charge in [0.15, 0.2) is 0 Å². The highest BCUT2D eigenvalue weighted by atomic mass is 16.6. The van der Waals surface area contributed by atoms with E-state index in [1.165, 1.54) is 30.3 Å². The lowest BCUT2D eigenvalue weighted by Gasteiger charge is -2.10. The number of nitriles is 1. The minimum Gasteiger partial charge on any atom is -0.321 e. The fourth-order valence-corrected chi connectivity index (χ4v) is 2.20. The first-order chi connectivity index (χ1) is 11.4. The van der Waals surface area contributed by atoms with Crippen LogP contribution in [0.25, 0.3) is 6.08 Å². The molecular weight excluding hydrogens is 306 g/mol. The van der Waals surface area contributed by atoms with Gasteiger partial charge in [0.1, 0.15) is 11.6 Å². The molecule has 2 aromatic carbocycles. The number of carbonyl (C=O) groups excluding carboxylic acids is 1. The zero-order valence-corrected chi connectivity index (χ0v) is 13.2. The van der Waals surface area contributed by atoms with E-state index in [0.29, 0.717) is 11.3 Å². The summed E-state index contributed by atoms with van der Waals surface area (Å²) in [6.45, 7) is 3.74. The Bertz CT molecular complexity index is 842. The van der Waals surface area contributed by atoms with Gasteiger partial charge < -0.3 is 5.32 Å². The largest absolute Gasteiger partial charge is 0.321 e. The number of rotatable bonds is 4. The molecule has 24 heavy (non-hydrogen) atoms. The Morgan fingerprint density at radius 3 is 2.25 bits per heavy atom. The van der Waals surface area contributed by atoms with Crippen molar-refractivity contribution in [3.63, 3.8) is 0 Å². The standard InChI is InChI=1S/C18H15N3O3/c1-12-4-3-5-13(2)17(12)20-18(22)15(11-19)10-14-6-8-16(9-7-14)21(23)24/h3-10H,1-2H3,(H,20,22). The Morgan fingerprint density at radius 1 is 1.17 bits per heavy atom. The van der Waals surface area contributed by atoms with E-state index in [1.807, 2.05) is 38.1 Å². The highest BCUT2D eigenvalue weighted by molar-refractivity contribution is 6.10. The van der Waals surface area contributed by atoms with Crippen LogP contribution in [0, 0.1) is 35.3 Å². The number of para-hydroxylation sites is 1. The number of carbonyl (C=O) groups is 1.